The zero-order valence-corrected chi connectivity index (χ0v) is 10.9. The van der Waals surface area contributed by atoms with E-state index in [9.17, 15) is 0 Å². The highest BCUT2D eigenvalue weighted by Crippen LogP contribution is 2.23. The van der Waals surface area contributed by atoms with Crippen LogP contribution >= 0.6 is 11.6 Å². The zero-order chi connectivity index (χ0) is 13.2. The third-order valence-electron chi connectivity index (χ3n) is 2.70. The zero-order valence-electron chi connectivity index (χ0n) is 10.2. The summed E-state index contributed by atoms with van der Waals surface area (Å²) >= 11 is 6.07. The maximum absolute atomic E-state index is 6.07. The van der Waals surface area contributed by atoms with E-state index in [0.29, 0.717) is 16.7 Å². The lowest BCUT2D eigenvalue weighted by Crippen LogP contribution is -1.98. The number of hydrogen-bond donors (Lipinski definition) is 0. The van der Waals surface area contributed by atoms with E-state index in [2.05, 4.69) is 20.3 Å². The SMILES string of the molecule is Cn1nncc1-c1cc(Cl)nc(-c2ccccc2)n1. The number of hydrogen-bond acceptors (Lipinski definition) is 4. The van der Waals surface area contributed by atoms with Gasteiger partial charge in [-0.3, -0.25) is 0 Å². The fourth-order valence-corrected chi connectivity index (χ4v) is 1.97. The highest BCUT2D eigenvalue weighted by molar-refractivity contribution is 6.29. The Morgan fingerprint density at radius 2 is 1.89 bits per heavy atom. The Balaban J connectivity index is 2.14. The monoisotopic (exact) mass is 271 g/mol. The minimum absolute atomic E-state index is 0.394. The molecule has 0 aliphatic rings. The van der Waals surface area contributed by atoms with Crippen LogP contribution in [0.15, 0.2) is 42.6 Å². The second kappa shape index (κ2) is 4.78. The number of aryl methyl sites for hydroxylation is 1. The van der Waals surface area contributed by atoms with Crippen LogP contribution in [-0.2, 0) is 7.05 Å². The predicted octanol–water partition coefficient (Wildman–Crippen LogP) is 2.59. The molecule has 0 saturated carbocycles. The van der Waals surface area contributed by atoms with Crippen molar-refractivity contribution in [2.45, 2.75) is 0 Å². The lowest BCUT2D eigenvalue weighted by atomic mass is 10.2. The summed E-state index contributed by atoms with van der Waals surface area (Å²) in [4.78, 5) is 8.76. The lowest BCUT2D eigenvalue weighted by Gasteiger charge is -2.05. The normalized spacial score (nSPS) is 10.6. The van der Waals surface area contributed by atoms with Crippen LogP contribution in [0.2, 0.25) is 5.15 Å². The first-order valence-corrected chi connectivity index (χ1v) is 6.07. The van der Waals surface area contributed by atoms with E-state index in [1.54, 1.807) is 24.0 Å². The molecule has 3 aromatic rings. The molecule has 1 aromatic carbocycles. The second-order valence-electron chi connectivity index (χ2n) is 4.01. The molecule has 5 nitrogen and oxygen atoms in total. The van der Waals surface area contributed by atoms with Gasteiger partial charge in [-0.15, -0.1) is 5.10 Å². The summed E-state index contributed by atoms with van der Waals surface area (Å²) in [5.41, 5.74) is 2.41. The van der Waals surface area contributed by atoms with Gasteiger partial charge in [0.1, 0.15) is 10.8 Å². The Kier molecular flexibility index (Phi) is 2.97. The molecular weight excluding hydrogens is 262 g/mol. The van der Waals surface area contributed by atoms with Crippen molar-refractivity contribution in [2.24, 2.45) is 7.05 Å². The highest BCUT2D eigenvalue weighted by atomic mass is 35.5. The van der Waals surface area contributed by atoms with Gasteiger partial charge in [-0.05, 0) is 0 Å². The fraction of sp³-hybridized carbons (Fsp3) is 0.0769. The van der Waals surface area contributed by atoms with E-state index in [-0.39, 0.29) is 0 Å². The van der Waals surface area contributed by atoms with Gasteiger partial charge in [0.2, 0.25) is 0 Å². The molecular formula is C13H10ClN5. The average Bonchev–Trinajstić information content (AvgIpc) is 2.85. The minimum Gasteiger partial charge on any atom is -0.246 e. The van der Waals surface area contributed by atoms with Gasteiger partial charge in [0, 0.05) is 18.7 Å². The summed E-state index contributed by atoms with van der Waals surface area (Å²) < 4.78 is 1.65. The van der Waals surface area contributed by atoms with E-state index in [0.717, 1.165) is 11.3 Å². The summed E-state index contributed by atoms with van der Waals surface area (Å²) in [6.07, 6.45) is 1.65. The maximum Gasteiger partial charge on any atom is 0.161 e. The van der Waals surface area contributed by atoms with Crippen LogP contribution in [0.4, 0.5) is 0 Å². The molecule has 0 aliphatic carbocycles. The lowest BCUT2D eigenvalue weighted by molar-refractivity contribution is 0.719. The minimum atomic E-state index is 0.394. The molecule has 0 N–H and O–H groups in total. The summed E-state index contributed by atoms with van der Waals surface area (Å²) in [5, 5.41) is 8.12. The number of halogens is 1. The van der Waals surface area contributed by atoms with Crippen LogP contribution in [0.1, 0.15) is 0 Å². The average molecular weight is 272 g/mol. The molecule has 0 aliphatic heterocycles. The first-order valence-electron chi connectivity index (χ1n) is 5.69. The predicted molar refractivity (Wildman–Crippen MR) is 72.5 cm³/mol. The van der Waals surface area contributed by atoms with Crippen LogP contribution in [0.25, 0.3) is 22.8 Å². The van der Waals surface area contributed by atoms with Gasteiger partial charge < -0.3 is 0 Å². The molecule has 6 heteroatoms. The summed E-state index contributed by atoms with van der Waals surface area (Å²) in [6.45, 7) is 0. The molecule has 0 saturated heterocycles. The molecule has 0 fully saturated rings. The summed E-state index contributed by atoms with van der Waals surface area (Å²) in [7, 11) is 1.81. The van der Waals surface area contributed by atoms with E-state index in [1.165, 1.54) is 0 Å². The number of benzene rings is 1. The van der Waals surface area contributed by atoms with Gasteiger partial charge in [0.15, 0.2) is 5.82 Å². The van der Waals surface area contributed by atoms with Crippen molar-refractivity contribution < 1.29 is 0 Å². The summed E-state index contributed by atoms with van der Waals surface area (Å²) in [5.74, 6) is 0.587. The van der Waals surface area contributed by atoms with Gasteiger partial charge in [0.25, 0.3) is 0 Å². The molecule has 0 radical (unpaired) electrons. The highest BCUT2D eigenvalue weighted by Gasteiger charge is 2.10. The number of rotatable bonds is 2. The Labute approximate surface area is 114 Å². The Hall–Kier alpha value is -2.27. The molecule has 2 aromatic heterocycles. The van der Waals surface area contributed by atoms with Crippen LogP contribution in [0.3, 0.4) is 0 Å². The molecule has 0 bridgehead atoms. The fourth-order valence-electron chi connectivity index (χ4n) is 1.79. The molecule has 0 atom stereocenters. The molecule has 0 unspecified atom stereocenters. The Bertz CT molecular complexity index is 708. The Morgan fingerprint density at radius 3 is 2.58 bits per heavy atom. The first-order chi connectivity index (χ1) is 9.24. The topological polar surface area (TPSA) is 56.5 Å². The van der Waals surface area contributed by atoms with Crippen molar-refractivity contribution >= 4 is 11.6 Å². The van der Waals surface area contributed by atoms with Gasteiger partial charge >= 0.3 is 0 Å². The van der Waals surface area contributed by atoms with Crippen LogP contribution < -0.4 is 0 Å². The standard InChI is InChI=1S/C13H10ClN5/c1-19-11(8-15-18-19)10-7-12(14)17-13(16-10)9-5-3-2-4-6-9/h2-8H,1H3. The number of aromatic nitrogens is 5. The Morgan fingerprint density at radius 1 is 1.11 bits per heavy atom. The van der Waals surface area contributed by atoms with Gasteiger partial charge in [-0.25, -0.2) is 14.6 Å². The number of nitrogens with zero attached hydrogens (tertiary/aromatic N) is 5. The maximum atomic E-state index is 6.07. The van der Waals surface area contributed by atoms with Crippen LogP contribution in [-0.4, -0.2) is 25.0 Å². The largest absolute Gasteiger partial charge is 0.246 e. The molecule has 3 rings (SSSR count). The first kappa shape index (κ1) is 11.8. The van der Waals surface area contributed by atoms with E-state index in [1.807, 2.05) is 30.3 Å². The molecule has 19 heavy (non-hydrogen) atoms. The molecule has 2 heterocycles. The third kappa shape index (κ3) is 2.32. The van der Waals surface area contributed by atoms with Crippen molar-refractivity contribution in [1.82, 2.24) is 25.0 Å². The van der Waals surface area contributed by atoms with Crippen molar-refractivity contribution in [3.8, 4) is 22.8 Å². The van der Waals surface area contributed by atoms with Crippen LogP contribution in [0, 0.1) is 0 Å². The summed E-state index contributed by atoms with van der Waals surface area (Å²) in [6, 6.07) is 11.4. The molecule has 94 valence electrons. The van der Waals surface area contributed by atoms with Crippen molar-refractivity contribution in [3.05, 3.63) is 47.7 Å². The van der Waals surface area contributed by atoms with E-state index < -0.39 is 0 Å². The van der Waals surface area contributed by atoms with Crippen molar-refractivity contribution in [3.63, 3.8) is 0 Å². The van der Waals surface area contributed by atoms with Gasteiger partial charge in [0.05, 0.1) is 11.9 Å². The van der Waals surface area contributed by atoms with Crippen LogP contribution in [0.5, 0.6) is 0 Å². The molecule has 0 amide bonds. The molecule has 0 spiro atoms. The van der Waals surface area contributed by atoms with Gasteiger partial charge in [-0.2, -0.15) is 0 Å². The quantitative estimate of drug-likeness (QED) is 0.672. The van der Waals surface area contributed by atoms with Crippen molar-refractivity contribution in [2.75, 3.05) is 0 Å². The van der Waals surface area contributed by atoms with Crippen molar-refractivity contribution in [1.29, 1.82) is 0 Å². The van der Waals surface area contributed by atoms with E-state index >= 15 is 0 Å². The third-order valence-corrected chi connectivity index (χ3v) is 2.90. The van der Waals surface area contributed by atoms with E-state index in [4.69, 9.17) is 11.6 Å². The second-order valence-corrected chi connectivity index (χ2v) is 4.40. The van der Waals surface area contributed by atoms with Gasteiger partial charge in [-0.1, -0.05) is 47.1 Å². The smallest absolute Gasteiger partial charge is 0.161 e.